The van der Waals surface area contributed by atoms with Gasteiger partial charge < -0.3 is 15.0 Å². The van der Waals surface area contributed by atoms with Gasteiger partial charge in [-0.2, -0.15) is 0 Å². The second-order valence-corrected chi connectivity index (χ2v) is 5.44. The van der Waals surface area contributed by atoms with E-state index in [0.717, 1.165) is 37.5 Å². The molecule has 0 radical (unpaired) electrons. The Morgan fingerprint density at radius 1 is 1.45 bits per heavy atom. The van der Waals surface area contributed by atoms with Crippen molar-refractivity contribution in [3.05, 3.63) is 23.8 Å². The zero-order valence-corrected chi connectivity index (χ0v) is 12.7. The Hall–Kier alpha value is -1.26. The molecule has 1 amide bonds. The minimum Gasteiger partial charge on any atom is -0.497 e. The molecule has 2 aliphatic rings. The highest BCUT2D eigenvalue weighted by Gasteiger charge is 2.34. The van der Waals surface area contributed by atoms with E-state index in [9.17, 15) is 4.79 Å². The number of benzene rings is 1. The molecule has 1 fully saturated rings. The summed E-state index contributed by atoms with van der Waals surface area (Å²) in [5, 5.41) is 3.23. The van der Waals surface area contributed by atoms with Crippen LogP contribution in [0.4, 0.5) is 5.69 Å². The minimum atomic E-state index is 0. The highest BCUT2D eigenvalue weighted by molar-refractivity contribution is 5.97. The van der Waals surface area contributed by atoms with Crippen LogP contribution in [0.25, 0.3) is 0 Å². The van der Waals surface area contributed by atoms with E-state index in [1.54, 1.807) is 7.11 Å². The van der Waals surface area contributed by atoms with Crippen LogP contribution in [0.5, 0.6) is 5.75 Å². The Labute approximate surface area is 125 Å². The van der Waals surface area contributed by atoms with E-state index in [-0.39, 0.29) is 24.2 Å². The number of hydrogen-bond donors (Lipinski definition) is 1. The van der Waals surface area contributed by atoms with E-state index in [0.29, 0.717) is 5.92 Å². The molecule has 20 heavy (non-hydrogen) atoms. The fraction of sp³-hybridized carbons (Fsp3) is 0.533. The highest BCUT2D eigenvalue weighted by Crippen LogP contribution is 2.33. The van der Waals surface area contributed by atoms with Crippen LogP contribution < -0.4 is 15.0 Å². The van der Waals surface area contributed by atoms with Gasteiger partial charge in [-0.1, -0.05) is 6.92 Å². The van der Waals surface area contributed by atoms with Crippen LogP contribution in [0, 0.1) is 11.8 Å². The van der Waals surface area contributed by atoms with Gasteiger partial charge in [-0.25, -0.2) is 0 Å². The number of rotatable bonds is 3. The first kappa shape index (κ1) is 15.1. The second-order valence-electron chi connectivity index (χ2n) is 5.44. The molecule has 1 aromatic rings. The van der Waals surface area contributed by atoms with Crippen molar-refractivity contribution in [2.75, 3.05) is 31.6 Å². The average molecular weight is 297 g/mol. The molecule has 2 heterocycles. The third kappa shape index (κ3) is 2.50. The summed E-state index contributed by atoms with van der Waals surface area (Å²) in [5.74, 6) is 1.73. The average Bonchev–Trinajstić information content (AvgIpc) is 2.78. The number of methoxy groups -OCH3 is 1. The summed E-state index contributed by atoms with van der Waals surface area (Å²) >= 11 is 0. The summed E-state index contributed by atoms with van der Waals surface area (Å²) in [6, 6.07) is 5.98. The predicted octanol–water partition coefficient (Wildman–Crippen LogP) is 1.86. The molecular formula is C15H21ClN2O2. The van der Waals surface area contributed by atoms with Gasteiger partial charge in [0.15, 0.2) is 0 Å². The van der Waals surface area contributed by atoms with Crippen molar-refractivity contribution >= 4 is 24.0 Å². The lowest BCUT2D eigenvalue weighted by molar-refractivity contribution is -0.123. The van der Waals surface area contributed by atoms with Crippen LogP contribution in [-0.4, -0.2) is 32.7 Å². The summed E-state index contributed by atoms with van der Waals surface area (Å²) in [6.45, 7) is 4.79. The lowest BCUT2D eigenvalue weighted by atomic mass is 9.88. The summed E-state index contributed by atoms with van der Waals surface area (Å²) in [4.78, 5) is 14.5. The molecule has 0 saturated carbocycles. The van der Waals surface area contributed by atoms with Crippen LogP contribution >= 0.6 is 12.4 Å². The van der Waals surface area contributed by atoms with Crippen molar-refractivity contribution < 1.29 is 9.53 Å². The number of anilines is 1. The number of carbonyl (C=O) groups excluding carboxylic acids is 1. The molecule has 110 valence electrons. The summed E-state index contributed by atoms with van der Waals surface area (Å²) < 4.78 is 5.24. The maximum Gasteiger partial charge on any atom is 0.230 e. The third-order valence-electron chi connectivity index (χ3n) is 4.36. The number of nitrogens with one attached hydrogen (secondary N) is 1. The molecule has 1 aromatic carbocycles. The molecule has 0 aliphatic carbocycles. The fourth-order valence-corrected chi connectivity index (χ4v) is 2.85. The van der Waals surface area contributed by atoms with Gasteiger partial charge >= 0.3 is 0 Å². The molecule has 0 spiro atoms. The van der Waals surface area contributed by atoms with Crippen LogP contribution in [0.15, 0.2) is 18.2 Å². The lowest BCUT2D eigenvalue weighted by Gasteiger charge is -2.34. The van der Waals surface area contributed by atoms with E-state index < -0.39 is 0 Å². The molecule has 0 aromatic heterocycles. The summed E-state index contributed by atoms with van der Waals surface area (Å²) in [5.41, 5.74) is 2.27. The number of halogens is 1. The van der Waals surface area contributed by atoms with E-state index in [1.165, 1.54) is 5.56 Å². The number of fused-ring (bicyclic) bond motifs is 1. The van der Waals surface area contributed by atoms with Crippen molar-refractivity contribution in [3.63, 3.8) is 0 Å². The van der Waals surface area contributed by atoms with Crippen LogP contribution in [0.2, 0.25) is 0 Å². The van der Waals surface area contributed by atoms with Gasteiger partial charge in [0.25, 0.3) is 0 Å². The maximum atomic E-state index is 12.6. The SMILES string of the molecule is COc1ccc2c(c1)CCN2C(=O)C(C)C1CNC1.Cl. The number of hydrogen-bond acceptors (Lipinski definition) is 3. The number of amides is 1. The molecule has 1 N–H and O–H groups in total. The zero-order chi connectivity index (χ0) is 13.4. The van der Waals surface area contributed by atoms with Crippen LogP contribution in [-0.2, 0) is 11.2 Å². The van der Waals surface area contributed by atoms with E-state index >= 15 is 0 Å². The molecule has 1 saturated heterocycles. The Morgan fingerprint density at radius 2 is 2.20 bits per heavy atom. The summed E-state index contributed by atoms with van der Waals surface area (Å²) in [7, 11) is 1.67. The topological polar surface area (TPSA) is 41.6 Å². The molecule has 1 atom stereocenters. The Bertz CT molecular complexity index is 503. The first-order valence-corrected chi connectivity index (χ1v) is 6.89. The largest absolute Gasteiger partial charge is 0.497 e. The number of ether oxygens (including phenoxy) is 1. The standard InChI is InChI=1S/C15H20N2O2.ClH/c1-10(12-8-16-9-12)15(18)17-6-5-11-7-13(19-2)3-4-14(11)17;/h3-4,7,10,12,16H,5-6,8-9H2,1-2H3;1H. The van der Waals surface area contributed by atoms with Gasteiger partial charge in [0.2, 0.25) is 5.91 Å². The van der Waals surface area contributed by atoms with Crippen molar-refractivity contribution in [3.8, 4) is 5.75 Å². The molecule has 3 rings (SSSR count). The smallest absolute Gasteiger partial charge is 0.230 e. The van der Waals surface area contributed by atoms with Crippen molar-refractivity contribution in [1.82, 2.24) is 5.32 Å². The maximum absolute atomic E-state index is 12.6. The molecule has 2 aliphatic heterocycles. The number of carbonyl (C=O) groups is 1. The Kier molecular flexibility index (Phi) is 4.55. The monoisotopic (exact) mass is 296 g/mol. The first-order chi connectivity index (χ1) is 9.20. The van der Waals surface area contributed by atoms with E-state index in [2.05, 4.69) is 12.2 Å². The van der Waals surface area contributed by atoms with Gasteiger partial charge in [-0.3, -0.25) is 4.79 Å². The van der Waals surface area contributed by atoms with Gasteiger partial charge in [-0.15, -0.1) is 12.4 Å². The van der Waals surface area contributed by atoms with Crippen molar-refractivity contribution in [1.29, 1.82) is 0 Å². The molecule has 1 unspecified atom stereocenters. The zero-order valence-electron chi connectivity index (χ0n) is 11.9. The molecule has 5 heteroatoms. The minimum absolute atomic E-state index is 0. The van der Waals surface area contributed by atoms with Gasteiger partial charge in [-0.05, 0) is 49.2 Å². The van der Waals surface area contributed by atoms with Crippen molar-refractivity contribution in [2.24, 2.45) is 11.8 Å². The quantitative estimate of drug-likeness (QED) is 0.926. The normalized spacial score (nSPS) is 18.8. The fourth-order valence-electron chi connectivity index (χ4n) is 2.85. The third-order valence-corrected chi connectivity index (χ3v) is 4.36. The first-order valence-electron chi connectivity index (χ1n) is 6.89. The Morgan fingerprint density at radius 3 is 2.80 bits per heavy atom. The van der Waals surface area contributed by atoms with Crippen molar-refractivity contribution in [2.45, 2.75) is 13.3 Å². The van der Waals surface area contributed by atoms with Gasteiger partial charge in [0.1, 0.15) is 5.75 Å². The van der Waals surface area contributed by atoms with Gasteiger partial charge in [0.05, 0.1) is 7.11 Å². The Balaban J connectivity index is 0.00000147. The molecule has 4 nitrogen and oxygen atoms in total. The predicted molar refractivity (Wildman–Crippen MR) is 81.8 cm³/mol. The van der Waals surface area contributed by atoms with Crippen LogP contribution in [0.1, 0.15) is 12.5 Å². The van der Waals surface area contributed by atoms with E-state index in [1.807, 2.05) is 23.1 Å². The molecule has 0 bridgehead atoms. The van der Waals surface area contributed by atoms with Crippen LogP contribution in [0.3, 0.4) is 0 Å². The molecular weight excluding hydrogens is 276 g/mol. The number of nitrogens with zero attached hydrogens (tertiary/aromatic N) is 1. The van der Waals surface area contributed by atoms with E-state index in [4.69, 9.17) is 4.74 Å². The summed E-state index contributed by atoms with van der Waals surface area (Å²) in [6.07, 6.45) is 0.925. The lowest BCUT2D eigenvalue weighted by Crippen LogP contribution is -2.50. The van der Waals surface area contributed by atoms with Gasteiger partial charge in [0, 0.05) is 18.2 Å². The highest BCUT2D eigenvalue weighted by atomic mass is 35.5. The second kappa shape index (κ2) is 6.02.